The van der Waals surface area contributed by atoms with Gasteiger partial charge in [0.2, 0.25) is 5.95 Å². The molecule has 0 fully saturated rings. The molecule has 0 atom stereocenters. The third kappa shape index (κ3) is 3.06. The van der Waals surface area contributed by atoms with E-state index in [1.165, 1.54) is 11.8 Å². The minimum atomic E-state index is 0.157. The number of rotatable bonds is 5. The van der Waals surface area contributed by atoms with Crippen LogP contribution in [0.3, 0.4) is 0 Å². The molecule has 0 spiro atoms. The van der Waals surface area contributed by atoms with Gasteiger partial charge in [-0.2, -0.15) is 5.26 Å². The predicted octanol–water partition coefficient (Wildman–Crippen LogP) is 3.08. The number of nitrogens with zero attached hydrogens (tertiary/aromatic N) is 3. The van der Waals surface area contributed by atoms with Crippen LogP contribution in [0.2, 0.25) is 0 Å². The van der Waals surface area contributed by atoms with Crippen LogP contribution in [-0.2, 0) is 0 Å². The first kappa shape index (κ1) is 13.4. The van der Waals surface area contributed by atoms with E-state index >= 15 is 0 Å². The number of unbranched alkanes of at least 4 members (excludes halogenated alkanes) is 1. The molecule has 2 aromatic rings. The fraction of sp³-hybridized carbons (Fsp3) is 0.308. The van der Waals surface area contributed by atoms with Gasteiger partial charge in [0, 0.05) is 0 Å². The molecule has 6 heteroatoms. The first-order valence-corrected chi connectivity index (χ1v) is 6.99. The fourth-order valence-corrected chi connectivity index (χ4v) is 2.64. The third-order valence-electron chi connectivity index (χ3n) is 2.50. The molecular weight excluding hydrogens is 260 g/mol. The number of thioether (sulfide) groups is 1. The van der Waals surface area contributed by atoms with Gasteiger partial charge in [-0.05, 0) is 24.3 Å². The van der Waals surface area contributed by atoms with Gasteiger partial charge in [-0.3, -0.25) is 0 Å². The lowest BCUT2D eigenvalue weighted by atomic mass is 10.2. The Bertz CT molecular complexity index is 589. The summed E-state index contributed by atoms with van der Waals surface area (Å²) in [6.07, 6.45) is 3.70. The Balaban J connectivity index is 2.41. The minimum absolute atomic E-state index is 0.157. The summed E-state index contributed by atoms with van der Waals surface area (Å²) in [4.78, 5) is 8.26. The van der Waals surface area contributed by atoms with Crippen LogP contribution >= 0.6 is 11.8 Å². The zero-order valence-corrected chi connectivity index (χ0v) is 11.4. The predicted molar refractivity (Wildman–Crippen MR) is 74.5 cm³/mol. The van der Waals surface area contributed by atoms with Crippen molar-refractivity contribution >= 4 is 17.7 Å². The average Bonchev–Trinajstić information content (AvgIpc) is 2.92. The summed E-state index contributed by atoms with van der Waals surface area (Å²) < 4.78 is 5.29. The number of anilines is 1. The summed E-state index contributed by atoms with van der Waals surface area (Å²) in [7, 11) is 0. The van der Waals surface area contributed by atoms with Crippen molar-refractivity contribution < 1.29 is 4.42 Å². The van der Waals surface area contributed by atoms with Crippen molar-refractivity contribution in [3.63, 3.8) is 0 Å². The molecule has 0 aliphatic heterocycles. The Morgan fingerprint density at radius 1 is 1.47 bits per heavy atom. The SMILES string of the molecule is CCCCSc1nc(N)nc(-c2ccco2)c1C#N. The van der Waals surface area contributed by atoms with Crippen LogP contribution < -0.4 is 5.73 Å². The lowest BCUT2D eigenvalue weighted by Gasteiger charge is -2.07. The summed E-state index contributed by atoms with van der Waals surface area (Å²) in [6.45, 7) is 2.12. The van der Waals surface area contributed by atoms with Crippen LogP contribution in [0.4, 0.5) is 5.95 Å². The lowest BCUT2D eigenvalue weighted by molar-refractivity contribution is 0.579. The Morgan fingerprint density at radius 2 is 2.32 bits per heavy atom. The quantitative estimate of drug-likeness (QED) is 0.512. The van der Waals surface area contributed by atoms with Crippen molar-refractivity contribution in [2.45, 2.75) is 24.8 Å². The summed E-state index contributed by atoms with van der Waals surface area (Å²) in [5.41, 5.74) is 6.59. The molecule has 0 unspecified atom stereocenters. The number of nitrogens with two attached hydrogens (primary N) is 1. The number of hydrogen-bond donors (Lipinski definition) is 1. The molecule has 98 valence electrons. The Hall–Kier alpha value is -2.00. The molecule has 0 aliphatic carbocycles. The van der Waals surface area contributed by atoms with Crippen LogP contribution in [-0.4, -0.2) is 15.7 Å². The second-order valence-corrected chi connectivity index (χ2v) is 4.99. The van der Waals surface area contributed by atoms with Crippen molar-refractivity contribution in [2.75, 3.05) is 11.5 Å². The Labute approximate surface area is 115 Å². The summed E-state index contributed by atoms with van der Waals surface area (Å²) in [6, 6.07) is 5.65. The molecule has 5 nitrogen and oxygen atoms in total. The van der Waals surface area contributed by atoms with Crippen molar-refractivity contribution in [1.82, 2.24) is 9.97 Å². The summed E-state index contributed by atoms with van der Waals surface area (Å²) in [5.74, 6) is 1.59. The highest BCUT2D eigenvalue weighted by atomic mass is 32.2. The molecule has 19 heavy (non-hydrogen) atoms. The standard InChI is InChI=1S/C13H14N4OS/c1-2-3-7-19-12-9(8-14)11(16-13(15)17-12)10-5-4-6-18-10/h4-6H,2-3,7H2,1H3,(H2,15,16,17). The molecule has 0 radical (unpaired) electrons. The smallest absolute Gasteiger partial charge is 0.221 e. The molecule has 0 bridgehead atoms. The highest BCUT2D eigenvalue weighted by Crippen LogP contribution is 2.30. The number of furan rings is 1. The van der Waals surface area contributed by atoms with E-state index in [1.54, 1.807) is 18.4 Å². The Kier molecular flexibility index (Phi) is 4.42. The van der Waals surface area contributed by atoms with E-state index < -0.39 is 0 Å². The zero-order valence-electron chi connectivity index (χ0n) is 10.6. The maximum atomic E-state index is 9.32. The number of hydrogen-bond acceptors (Lipinski definition) is 6. The molecule has 2 rings (SSSR count). The number of nitrogen functional groups attached to an aromatic ring is 1. The lowest BCUT2D eigenvalue weighted by Crippen LogP contribution is -2.02. The topological polar surface area (TPSA) is 88.7 Å². The highest BCUT2D eigenvalue weighted by molar-refractivity contribution is 7.99. The van der Waals surface area contributed by atoms with E-state index in [2.05, 4.69) is 23.0 Å². The second-order valence-electron chi connectivity index (χ2n) is 3.90. The van der Waals surface area contributed by atoms with Crippen molar-refractivity contribution in [2.24, 2.45) is 0 Å². The van der Waals surface area contributed by atoms with E-state index in [-0.39, 0.29) is 5.95 Å². The fourth-order valence-electron chi connectivity index (χ4n) is 1.57. The van der Waals surface area contributed by atoms with Gasteiger partial charge < -0.3 is 10.2 Å². The normalized spacial score (nSPS) is 10.3. The molecule has 2 aromatic heterocycles. The summed E-state index contributed by atoms with van der Waals surface area (Å²) >= 11 is 1.53. The van der Waals surface area contributed by atoms with Gasteiger partial charge in [0.15, 0.2) is 5.76 Å². The molecule has 2 N–H and O–H groups in total. The summed E-state index contributed by atoms with van der Waals surface area (Å²) in [5, 5.41) is 9.94. The Morgan fingerprint density at radius 3 is 2.95 bits per heavy atom. The van der Waals surface area contributed by atoms with Gasteiger partial charge in [-0.25, -0.2) is 9.97 Å². The molecule has 0 aromatic carbocycles. The molecule has 0 amide bonds. The van der Waals surface area contributed by atoms with Gasteiger partial charge >= 0.3 is 0 Å². The van der Waals surface area contributed by atoms with E-state index in [4.69, 9.17) is 10.2 Å². The molecule has 2 heterocycles. The van der Waals surface area contributed by atoms with Gasteiger partial charge in [-0.15, -0.1) is 11.8 Å². The third-order valence-corrected chi connectivity index (χ3v) is 3.56. The second kappa shape index (κ2) is 6.25. The number of nitriles is 1. The zero-order chi connectivity index (χ0) is 13.7. The van der Waals surface area contributed by atoms with Crippen LogP contribution in [0.15, 0.2) is 27.8 Å². The first-order valence-electron chi connectivity index (χ1n) is 6.00. The van der Waals surface area contributed by atoms with Crippen LogP contribution in [0.1, 0.15) is 25.3 Å². The van der Waals surface area contributed by atoms with E-state index in [0.29, 0.717) is 22.0 Å². The first-order chi connectivity index (χ1) is 9.26. The van der Waals surface area contributed by atoms with Gasteiger partial charge in [0.05, 0.1) is 6.26 Å². The maximum Gasteiger partial charge on any atom is 0.221 e. The average molecular weight is 274 g/mol. The minimum Gasteiger partial charge on any atom is -0.463 e. The van der Waals surface area contributed by atoms with Crippen LogP contribution in [0, 0.1) is 11.3 Å². The molecular formula is C13H14N4OS. The van der Waals surface area contributed by atoms with E-state index in [0.717, 1.165) is 18.6 Å². The maximum absolute atomic E-state index is 9.32. The van der Waals surface area contributed by atoms with E-state index in [1.807, 2.05) is 0 Å². The monoisotopic (exact) mass is 274 g/mol. The molecule has 0 saturated heterocycles. The van der Waals surface area contributed by atoms with Gasteiger partial charge in [0.25, 0.3) is 0 Å². The van der Waals surface area contributed by atoms with E-state index in [9.17, 15) is 5.26 Å². The van der Waals surface area contributed by atoms with Crippen LogP contribution in [0.5, 0.6) is 0 Å². The largest absolute Gasteiger partial charge is 0.463 e. The highest BCUT2D eigenvalue weighted by Gasteiger charge is 2.17. The van der Waals surface area contributed by atoms with Crippen molar-refractivity contribution in [1.29, 1.82) is 5.26 Å². The molecule has 0 saturated carbocycles. The van der Waals surface area contributed by atoms with Gasteiger partial charge in [-0.1, -0.05) is 13.3 Å². The molecule has 0 aliphatic rings. The van der Waals surface area contributed by atoms with Crippen molar-refractivity contribution in [3.05, 3.63) is 24.0 Å². The van der Waals surface area contributed by atoms with Crippen molar-refractivity contribution in [3.8, 4) is 17.5 Å². The number of aromatic nitrogens is 2. The van der Waals surface area contributed by atoms with Gasteiger partial charge in [0.1, 0.15) is 22.4 Å². The van der Waals surface area contributed by atoms with Crippen LogP contribution in [0.25, 0.3) is 11.5 Å².